The number of benzene rings is 2. The lowest BCUT2D eigenvalue weighted by Gasteiger charge is -2.34. The van der Waals surface area contributed by atoms with Gasteiger partial charge in [0.15, 0.2) is 0 Å². The maximum atomic E-state index is 12.0. The van der Waals surface area contributed by atoms with E-state index in [1.165, 1.54) is 0 Å². The van der Waals surface area contributed by atoms with E-state index in [0.29, 0.717) is 43.9 Å². The van der Waals surface area contributed by atoms with Gasteiger partial charge in [-0.1, -0.05) is 52.3 Å². The highest BCUT2D eigenvalue weighted by molar-refractivity contribution is 9.09. The number of ketones is 1. The standard InChI is InChI=1S/C16H24N2O2.C10H17NO3.C6H7N.C4H7BrO2/c1-16(2,3)20-15(19)18-11-9-14(10-12-18)17-13-7-5-4-6-8-13;1-10(2,3)14-9(13)11-6-4-8(12)5-7-11;7-6-4-2-1-3-5-6;1-2-7-4(6)3-5/h4-8,14,17H,9-12H2,1-3H3;4-7H2,1-3H3;1-5H,7H2;2-3H2,1H3. The molecule has 2 saturated heterocycles. The quantitative estimate of drug-likeness (QED) is 0.143. The van der Waals surface area contributed by atoms with E-state index in [-0.39, 0.29) is 23.9 Å². The molecular formula is C36H55BrN4O7. The molecule has 2 amide bonds. The van der Waals surface area contributed by atoms with Crippen LogP contribution < -0.4 is 11.1 Å². The highest BCUT2D eigenvalue weighted by atomic mass is 79.9. The van der Waals surface area contributed by atoms with Crippen LogP contribution in [0.4, 0.5) is 21.0 Å². The molecule has 0 aliphatic carbocycles. The Bertz CT molecular complexity index is 1220. The number of alkyl halides is 1. The number of anilines is 2. The monoisotopic (exact) mass is 734 g/mol. The number of esters is 1. The lowest BCUT2D eigenvalue weighted by atomic mass is 10.0. The normalized spacial score (nSPS) is 14.8. The largest absolute Gasteiger partial charge is 0.465 e. The molecule has 0 bridgehead atoms. The first kappa shape index (κ1) is 42.2. The van der Waals surface area contributed by atoms with Gasteiger partial charge in [0.25, 0.3) is 0 Å². The zero-order valence-corrected chi connectivity index (χ0v) is 31.2. The Morgan fingerprint density at radius 1 is 0.792 bits per heavy atom. The van der Waals surface area contributed by atoms with Crippen LogP contribution in [0.5, 0.6) is 0 Å². The molecule has 2 aliphatic heterocycles. The molecule has 48 heavy (non-hydrogen) atoms. The number of carbonyl (C=O) groups is 4. The number of nitrogens with zero attached hydrogens (tertiary/aromatic N) is 2. The Morgan fingerprint density at radius 3 is 1.58 bits per heavy atom. The Morgan fingerprint density at radius 2 is 1.23 bits per heavy atom. The second-order valence-corrected chi connectivity index (χ2v) is 13.7. The second kappa shape index (κ2) is 22.0. The molecule has 0 aromatic heterocycles. The van der Waals surface area contributed by atoms with Crippen molar-refractivity contribution in [3.8, 4) is 0 Å². The molecule has 0 saturated carbocycles. The molecule has 0 radical (unpaired) electrons. The topological polar surface area (TPSA) is 140 Å². The number of amides is 2. The molecule has 2 aromatic carbocycles. The number of nitrogens with two attached hydrogens (primary N) is 1. The average Bonchev–Trinajstić information content (AvgIpc) is 3.02. The van der Waals surface area contributed by atoms with Crippen molar-refractivity contribution >= 4 is 51.2 Å². The Balaban J connectivity index is 0.000000355. The summed E-state index contributed by atoms with van der Waals surface area (Å²) in [5.41, 5.74) is 6.44. The first-order chi connectivity index (χ1) is 22.5. The van der Waals surface area contributed by atoms with Crippen LogP contribution in [0, 0.1) is 0 Å². The van der Waals surface area contributed by atoms with Crippen LogP contribution in [0.3, 0.4) is 0 Å². The lowest BCUT2D eigenvalue weighted by Crippen LogP contribution is -2.44. The number of Topliss-reactive ketones (excluding diaryl/α,β-unsaturated/α-hetero) is 1. The van der Waals surface area contributed by atoms with Crippen molar-refractivity contribution in [2.75, 3.05) is 49.2 Å². The molecule has 11 nitrogen and oxygen atoms in total. The molecule has 4 rings (SSSR count). The van der Waals surface area contributed by atoms with Crippen LogP contribution in [0.25, 0.3) is 0 Å². The van der Waals surface area contributed by atoms with Crippen molar-refractivity contribution in [2.24, 2.45) is 0 Å². The summed E-state index contributed by atoms with van der Waals surface area (Å²) in [4.78, 5) is 47.9. The molecule has 0 spiro atoms. The minimum atomic E-state index is -0.460. The molecule has 2 heterocycles. The van der Waals surface area contributed by atoms with Crippen molar-refractivity contribution in [1.29, 1.82) is 0 Å². The molecule has 0 unspecified atom stereocenters. The van der Waals surface area contributed by atoms with Gasteiger partial charge in [-0.05, 0) is 85.6 Å². The van der Waals surface area contributed by atoms with Gasteiger partial charge in [-0.3, -0.25) is 9.59 Å². The van der Waals surface area contributed by atoms with Gasteiger partial charge in [0.05, 0.1) is 6.61 Å². The van der Waals surface area contributed by atoms with Crippen LogP contribution in [0.2, 0.25) is 0 Å². The summed E-state index contributed by atoms with van der Waals surface area (Å²) in [7, 11) is 0. The first-order valence-electron chi connectivity index (χ1n) is 16.3. The third-order valence-corrected chi connectivity index (χ3v) is 6.94. The molecule has 2 aromatic rings. The maximum absolute atomic E-state index is 12.0. The van der Waals surface area contributed by atoms with Gasteiger partial charge in [-0.15, -0.1) is 0 Å². The van der Waals surface area contributed by atoms with Gasteiger partial charge in [-0.25, -0.2) is 9.59 Å². The Kier molecular flexibility index (Phi) is 19.3. The average molecular weight is 736 g/mol. The van der Waals surface area contributed by atoms with E-state index < -0.39 is 11.2 Å². The van der Waals surface area contributed by atoms with Crippen LogP contribution in [-0.2, 0) is 23.8 Å². The van der Waals surface area contributed by atoms with Gasteiger partial charge in [-0.2, -0.15) is 0 Å². The van der Waals surface area contributed by atoms with E-state index in [1.54, 1.807) is 16.7 Å². The number of hydrogen-bond donors (Lipinski definition) is 2. The van der Waals surface area contributed by atoms with Crippen molar-refractivity contribution in [3.05, 3.63) is 60.7 Å². The van der Waals surface area contributed by atoms with Crippen molar-refractivity contribution in [3.63, 3.8) is 0 Å². The first-order valence-corrected chi connectivity index (χ1v) is 17.5. The van der Waals surface area contributed by atoms with E-state index in [9.17, 15) is 19.2 Å². The van der Waals surface area contributed by atoms with Crippen LogP contribution in [0.15, 0.2) is 60.7 Å². The van der Waals surface area contributed by atoms with Gasteiger partial charge in [0.2, 0.25) is 0 Å². The van der Waals surface area contributed by atoms with Crippen LogP contribution >= 0.6 is 15.9 Å². The predicted molar refractivity (Wildman–Crippen MR) is 194 cm³/mol. The molecule has 12 heteroatoms. The Labute approximate surface area is 295 Å². The third-order valence-electron chi connectivity index (χ3n) is 6.48. The number of piperidine rings is 2. The lowest BCUT2D eigenvalue weighted by molar-refractivity contribution is -0.139. The van der Waals surface area contributed by atoms with E-state index in [1.807, 2.05) is 90.1 Å². The Hall–Kier alpha value is -3.80. The zero-order valence-electron chi connectivity index (χ0n) is 29.6. The number of carbonyl (C=O) groups excluding carboxylic acids is 4. The van der Waals surface area contributed by atoms with Crippen molar-refractivity contribution in [2.45, 2.75) is 91.4 Å². The fraction of sp³-hybridized carbons (Fsp3) is 0.556. The summed E-state index contributed by atoms with van der Waals surface area (Å²) in [6, 6.07) is 20.1. The van der Waals surface area contributed by atoms with E-state index in [4.69, 9.17) is 15.2 Å². The van der Waals surface area contributed by atoms with Gasteiger partial charge in [0, 0.05) is 56.4 Å². The molecular weight excluding hydrogens is 680 g/mol. The summed E-state index contributed by atoms with van der Waals surface area (Å²) >= 11 is 2.94. The predicted octanol–water partition coefficient (Wildman–Crippen LogP) is 7.30. The smallest absolute Gasteiger partial charge is 0.410 e. The van der Waals surface area contributed by atoms with Gasteiger partial charge >= 0.3 is 18.2 Å². The fourth-order valence-corrected chi connectivity index (χ4v) is 4.38. The molecule has 3 N–H and O–H groups in total. The summed E-state index contributed by atoms with van der Waals surface area (Å²) in [6.07, 6.45) is 2.31. The van der Waals surface area contributed by atoms with Gasteiger partial charge in [0.1, 0.15) is 22.3 Å². The number of ether oxygens (including phenoxy) is 3. The minimum absolute atomic E-state index is 0.198. The molecule has 2 fully saturated rings. The SMILES string of the molecule is CC(C)(C)OC(=O)N1CCC(=O)CC1.CC(C)(C)OC(=O)N1CCC(Nc2ccccc2)CC1.CCOC(=O)CBr.Nc1ccccc1. The van der Waals surface area contributed by atoms with Crippen LogP contribution in [0.1, 0.15) is 74.1 Å². The van der Waals surface area contributed by atoms with E-state index in [0.717, 1.165) is 37.3 Å². The molecule has 2 aliphatic rings. The highest BCUT2D eigenvalue weighted by Crippen LogP contribution is 2.19. The zero-order chi connectivity index (χ0) is 36.2. The number of hydrogen-bond acceptors (Lipinski definition) is 9. The highest BCUT2D eigenvalue weighted by Gasteiger charge is 2.27. The van der Waals surface area contributed by atoms with E-state index >= 15 is 0 Å². The van der Waals surface area contributed by atoms with Crippen molar-refractivity contribution < 1.29 is 33.4 Å². The number of halogens is 1. The number of nitrogen functional groups attached to an aromatic ring is 1. The molecule has 268 valence electrons. The minimum Gasteiger partial charge on any atom is -0.465 e. The number of nitrogens with one attached hydrogen (secondary N) is 1. The second-order valence-electron chi connectivity index (χ2n) is 13.1. The molecule has 0 atom stereocenters. The number of rotatable bonds is 4. The summed E-state index contributed by atoms with van der Waals surface area (Å²) in [5.74, 6) is 0.0207. The summed E-state index contributed by atoms with van der Waals surface area (Å²) < 4.78 is 15.1. The number of para-hydroxylation sites is 2. The van der Waals surface area contributed by atoms with Gasteiger partial charge < -0.3 is 35.1 Å². The maximum Gasteiger partial charge on any atom is 0.410 e. The number of likely N-dealkylation sites (tertiary alicyclic amines) is 2. The summed E-state index contributed by atoms with van der Waals surface area (Å²) in [6.45, 7) is 15.9. The summed E-state index contributed by atoms with van der Waals surface area (Å²) in [5, 5.41) is 3.80. The fourth-order valence-electron chi connectivity index (χ4n) is 4.22. The van der Waals surface area contributed by atoms with Crippen molar-refractivity contribution in [1.82, 2.24) is 9.80 Å². The van der Waals surface area contributed by atoms with Crippen LogP contribution in [-0.4, -0.2) is 89.1 Å². The third kappa shape index (κ3) is 20.4. The van der Waals surface area contributed by atoms with E-state index in [2.05, 4.69) is 38.1 Å².